The number of esters is 2. The van der Waals surface area contributed by atoms with E-state index in [0.717, 1.165) is 23.3 Å². The fraction of sp³-hybridized carbons (Fsp3) is 0.261. The molecule has 0 amide bonds. The van der Waals surface area contributed by atoms with Crippen LogP contribution < -0.4 is 9.47 Å². The molecule has 2 aliphatic rings. The molecule has 5 aromatic carbocycles. The van der Waals surface area contributed by atoms with Crippen LogP contribution in [-0.2, 0) is 43.5 Å². The zero-order valence-corrected chi connectivity index (χ0v) is 33.4. The van der Waals surface area contributed by atoms with Gasteiger partial charge in [0.25, 0.3) is 0 Å². The molecule has 0 radical (unpaired) electrons. The summed E-state index contributed by atoms with van der Waals surface area (Å²) in [4.78, 5) is 29.0. The van der Waals surface area contributed by atoms with Crippen molar-refractivity contribution in [2.75, 3.05) is 19.0 Å². The van der Waals surface area contributed by atoms with E-state index in [0.29, 0.717) is 11.3 Å². The van der Waals surface area contributed by atoms with Gasteiger partial charge in [-0.1, -0.05) is 111 Å². The number of rotatable bonds is 14. The van der Waals surface area contributed by atoms with Crippen molar-refractivity contribution in [2.24, 2.45) is 0 Å². The van der Waals surface area contributed by atoms with Crippen molar-refractivity contribution in [1.82, 2.24) is 0 Å². The molecule has 0 unspecified atom stereocenters. The molecular formula is C46H44O13S. The third-order valence-electron chi connectivity index (χ3n) is 9.85. The molecule has 0 bridgehead atoms. The quantitative estimate of drug-likeness (QED) is 0.0632. The van der Waals surface area contributed by atoms with Gasteiger partial charge in [0.1, 0.15) is 43.6 Å². The largest absolute Gasteiger partial charge is 0.504 e. The second-order valence-electron chi connectivity index (χ2n) is 13.9. The second kappa shape index (κ2) is 19.3. The van der Waals surface area contributed by atoms with Gasteiger partial charge in [-0.3, -0.25) is 0 Å². The molecule has 0 aliphatic carbocycles. The summed E-state index contributed by atoms with van der Waals surface area (Å²) >= 11 is 1.43. The van der Waals surface area contributed by atoms with Gasteiger partial charge in [0.05, 0.1) is 24.3 Å². The Labute approximate surface area is 350 Å². The molecule has 14 heteroatoms. The summed E-state index contributed by atoms with van der Waals surface area (Å²) < 4.78 is 43.4. The van der Waals surface area contributed by atoms with Crippen molar-refractivity contribution >= 4 is 23.7 Å². The summed E-state index contributed by atoms with van der Waals surface area (Å²) in [5.41, 5.74) is -0.238. The van der Waals surface area contributed by atoms with Crippen molar-refractivity contribution in [3.8, 4) is 45.6 Å². The summed E-state index contributed by atoms with van der Waals surface area (Å²) in [5, 5.41) is 46.2. The Bertz CT molecular complexity index is 2290. The number of carbonyl (C=O) groups is 2. The number of fused-ring (bicyclic) bond motifs is 4. The van der Waals surface area contributed by atoms with Crippen LogP contribution in [-0.4, -0.2) is 81.2 Å². The second-order valence-corrected chi connectivity index (χ2v) is 15.2. The van der Waals surface area contributed by atoms with E-state index < -0.39 is 105 Å². The van der Waals surface area contributed by atoms with E-state index in [-0.39, 0.29) is 26.4 Å². The highest BCUT2D eigenvalue weighted by molar-refractivity contribution is 7.99. The van der Waals surface area contributed by atoms with Crippen LogP contribution in [0.4, 0.5) is 0 Å². The van der Waals surface area contributed by atoms with Gasteiger partial charge < -0.3 is 53.6 Å². The third kappa shape index (κ3) is 9.16. The molecule has 5 aromatic rings. The van der Waals surface area contributed by atoms with Crippen LogP contribution in [0.25, 0.3) is 11.1 Å². The maximum Gasteiger partial charge on any atom is 0.339 e. The molecule has 5 atom stereocenters. The van der Waals surface area contributed by atoms with E-state index in [1.807, 2.05) is 73.7 Å². The first-order valence-corrected chi connectivity index (χ1v) is 20.3. The van der Waals surface area contributed by atoms with E-state index in [1.54, 1.807) is 24.3 Å². The Hall–Kier alpha value is -6.19. The summed E-state index contributed by atoms with van der Waals surface area (Å²) in [7, 11) is 0. The summed E-state index contributed by atoms with van der Waals surface area (Å²) in [5.74, 6) is -5.52. The van der Waals surface area contributed by atoms with Crippen LogP contribution in [0.1, 0.15) is 44.3 Å². The summed E-state index contributed by atoms with van der Waals surface area (Å²) in [6, 6.07) is 29.7. The van der Waals surface area contributed by atoms with Gasteiger partial charge in [-0.25, -0.2) is 9.59 Å². The molecule has 2 heterocycles. The lowest BCUT2D eigenvalue weighted by atomic mass is 9.91. The molecular weight excluding hydrogens is 793 g/mol. The Morgan fingerprint density at radius 1 is 0.700 bits per heavy atom. The molecule has 0 aromatic heterocycles. The zero-order valence-electron chi connectivity index (χ0n) is 32.6. The molecule has 0 spiro atoms. The van der Waals surface area contributed by atoms with E-state index in [2.05, 4.69) is 6.58 Å². The summed E-state index contributed by atoms with van der Waals surface area (Å²) in [6.45, 7) is 5.00. The smallest absolute Gasteiger partial charge is 0.339 e. The van der Waals surface area contributed by atoms with E-state index in [1.165, 1.54) is 17.8 Å². The minimum atomic E-state index is -1.32. The van der Waals surface area contributed by atoms with Gasteiger partial charge in [-0.05, 0) is 34.6 Å². The number of hydrogen-bond acceptors (Lipinski definition) is 14. The minimum Gasteiger partial charge on any atom is -0.504 e. The first kappa shape index (κ1) is 42.0. The minimum absolute atomic E-state index is 0.0765. The maximum absolute atomic E-state index is 14.8. The number of ether oxygens (including phenoxy) is 7. The zero-order chi connectivity index (χ0) is 42.2. The van der Waals surface area contributed by atoms with Gasteiger partial charge in [0.2, 0.25) is 11.5 Å². The Kier molecular flexibility index (Phi) is 13.5. The molecule has 2 aliphatic heterocycles. The average Bonchev–Trinajstić information content (AvgIpc) is 3.27. The van der Waals surface area contributed by atoms with E-state index >= 15 is 0 Å². The average molecular weight is 837 g/mol. The number of benzene rings is 5. The van der Waals surface area contributed by atoms with Crippen LogP contribution in [0.3, 0.4) is 0 Å². The lowest BCUT2D eigenvalue weighted by Crippen LogP contribution is -2.61. The monoisotopic (exact) mass is 836 g/mol. The molecule has 7 rings (SSSR count). The normalized spacial score (nSPS) is 20.0. The number of phenolic OH excluding ortho intramolecular Hbond substituents is 4. The number of phenols is 4. The summed E-state index contributed by atoms with van der Waals surface area (Å²) in [6.07, 6.45) is -2.97. The van der Waals surface area contributed by atoms with Crippen molar-refractivity contribution in [3.05, 3.63) is 144 Å². The first-order chi connectivity index (χ1) is 29.2. The Balaban J connectivity index is 1.37. The fourth-order valence-corrected chi connectivity index (χ4v) is 8.01. The Morgan fingerprint density at radius 2 is 1.20 bits per heavy atom. The molecule has 312 valence electrons. The molecule has 13 nitrogen and oxygen atoms in total. The van der Waals surface area contributed by atoms with Crippen LogP contribution >= 0.6 is 11.8 Å². The predicted molar refractivity (Wildman–Crippen MR) is 221 cm³/mol. The van der Waals surface area contributed by atoms with Gasteiger partial charge in [-0.2, -0.15) is 0 Å². The lowest BCUT2D eigenvalue weighted by molar-refractivity contribution is -0.237. The molecule has 60 heavy (non-hydrogen) atoms. The SMILES string of the molecule is C=CCOc1c(O)cc2c(c1O)-c1c(cc(O)c(OCc3ccccc3)c1O)C(=O)O[C@H]1[C@H](OCc3ccccc3)[C@@H](OCc3ccccc3)[C@H](SCC)O[C@@H]1COC2=O. The molecule has 4 N–H and O–H groups in total. The van der Waals surface area contributed by atoms with Gasteiger partial charge in [0.15, 0.2) is 29.1 Å². The third-order valence-corrected chi connectivity index (χ3v) is 10.9. The van der Waals surface area contributed by atoms with Gasteiger partial charge in [-0.15, -0.1) is 11.8 Å². The van der Waals surface area contributed by atoms with Crippen LogP contribution in [0.15, 0.2) is 116 Å². The highest BCUT2D eigenvalue weighted by Gasteiger charge is 2.51. The molecule has 0 saturated carbocycles. The van der Waals surface area contributed by atoms with Crippen molar-refractivity contribution in [2.45, 2.75) is 56.6 Å². The number of cyclic esters (lactones) is 1. The predicted octanol–water partition coefficient (Wildman–Crippen LogP) is 7.66. The van der Waals surface area contributed by atoms with Crippen LogP contribution in [0.5, 0.6) is 34.5 Å². The molecule has 1 fully saturated rings. The molecule has 1 saturated heterocycles. The van der Waals surface area contributed by atoms with Crippen LogP contribution in [0, 0.1) is 0 Å². The number of aromatic hydroxyl groups is 4. The highest BCUT2D eigenvalue weighted by Crippen LogP contribution is 2.54. The topological polar surface area (TPSA) is 180 Å². The van der Waals surface area contributed by atoms with Crippen molar-refractivity contribution in [3.63, 3.8) is 0 Å². The fourth-order valence-electron chi connectivity index (χ4n) is 7.03. The number of thioether (sulfide) groups is 1. The standard InChI is InChI=1S/C46H44O13S/c1-3-20-53-39-32(47)21-30-35(37(39)49)36-31(22-33(48)40(38(36)50)54-23-27-14-8-5-9-15-27)45(52)59-41-34(26-57-44(30)51)58-46(60-4-2)43(56-25-29-18-12-7-13-19-29)42(41)55-24-28-16-10-6-11-17-28/h3,5-19,21-22,34,41-43,46-50H,1,4,20,23-26H2,2H3/t34-,41-,42+,43-,46+/m1/s1. The maximum atomic E-state index is 14.8. The van der Waals surface area contributed by atoms with Crippen molar-refractivity contribution < 1.29 is 63.2 Å². The van der Waals surface area contributed by atoms with Gasteiger partial charge in [0, 0.05) is 11.1 Å². The first-order valence-electron chi connectivity index (χ1n) is 19.2. The van der Waals surface area contributed by atoms with E-state index in [9.17, 15) is 30.0 Å². The highest BCUT2D eigenvalue weighted by atomic mass is 32.2. The number of carbonyl (C=O) groups excluding carboxylic acids is 2. The lowest BCUT2D eigenvalue weighted by Gasteiger charge is -2.45. The van der Waals surface area contributed by atoms with E-state index in [4.69, 9.17) is 33.2 Å². The number of hydrogen-bond donors (Lipinski definition) is 4. The Morgan fingerprint density at radius 3 is 1.73 bits per heavy atom. The van der Waals surface area contributed by atoms with Crippen LogP contribution in [0.2, 0.25) is 0 Å². The van der Waals surface area contributed by atoms with Gasteiger partial charge >= 0.3 is 11.9 Å². The van der Waals surface area contributed by atoms with Crippen molar-refractivity contribution in [1.29, 1.82) is 0 Å².